The second-order valence-corrected chi connectivity index (χ2v) is 5.16. The van der Waals surface area contributed by atoms with Gasteiger partial charge >= 0.3 is 0 Å². The van der Waals surface area contributed by atoms with Crippen LogP contribution in [0.5, 0.6) is 0 Å². The van der Waals surface area contributed by atoms with Gasteiger partial charge in [0.2, 0.25) is 5.91 Å². The van der Waals surface area contributed by atoms with Gasteiger partial charge in [-0.15, -0.1) is 10.2 Å². The zero-order chi connectivity index (χ0) is 13.7. The van der Waals surface area contributed by atoms with E-state index in [9.17, 15) is 4.79 Å². The van der Waals surface area contributed by atoms with Gasteiger partial charge in [-0.05, 0) is 18.1 Å². The maximum absolute atomic E-state index is 11.7. The average Bonchev–Trinajstić information content (AvgIpc) is 2.81. The summed E-state index contributed by atoms with van der Waals surface area (Å²) in [6, 6.07) is 8.02. The lowest BCUT2D eigenvalue weighted by atomic mass is 10.1. The van der Waals surface area contributed by atoms with Gasteiger partial charge in [0, 0.05) is 13.6 Å². The van der Waals surface area contributed by atoms with Crippen molar-refractivity contribution in [2.45, 2.75) is 18.6 Å². The smallest absolute Gasteiger partial charge is 0.230 e. The molecule has 0 bridgehead atoms. The first-order chi connectivity index (χ1) is 9.16. The van der Waals surface area contributed by atoms with Crippen molar-refractivity contribution in [2.24, 2.45) is 7.05 Å². The Morgan fingerprint density at radius 3 is 2.89 bits per heavy atom. The van der Waals surface area contributed by atoms with Crippen LogP contribution in [-0.4, -0.2) is 26.4 Å². The summed E-state index contributed by atoms with van der Waals surface area (Å²) in [5.41, 5.74) is 2.32. The monoisotopic (exact) mass is 276 g/mol. The molecule has 19 heavy (non-hydrogen) atoms. The highest BCUT2D eigenvalue weighted by Gasteiger charge is 2.07. The highest BCUT2D eigenvalue weighted by molar-refractivity contribution is 7.99. The summed E-state index contributed by atoms with van der Waals surface area (Å²) in [5, 5.41) is 11.3. The van der Waals surface area contributed by atoms with E-state index in [4.69, 9.17) is 0 Å². The fraction of sp³-hybridized carbons (Fsp3) is 0.308. The van der Waals surface area contributed by atoms with E-state index in [-0.39, 0.29) is 5.91 Å². The van der Waals surface area contributed by atoms with E-state index in [1.165, 1.54) is 17.3 Å². The van der Waals surface area contributed by atoms with E-state index in [0.717, 1.165) is 10.7 Å². The third kappa shape index (κ3) is 3.82. The zero-order valence-corrected chi connectivity index (χ0v) is 11.8. The van der Waals surface area contributed by atoms with Crippen molar-refractivity contribution in [2.75, 3.05) is 5.75 Å². The number of aromatic nitrogens is 3. The van der Waals surface area contributed by atoms with E-state index in [1.54, 1.807) is 10.9 Å². The summed E-state index contributed by atoms with van der Waals surface area (Å²) in [5.74, 6) is 0.342. The summed E-state index contributed by atoms with van der Waals surface area (Å²) < 4.78 is 1.79. The standard InChI is InChI=1S/C13H16N4OS/c1-10-5-3-4-6-11(10)7-14-12(18)8-19-13-16-15-9-17(13)2/h3-6,9H,7-8H2,1-2H3,(H,14,18). The van der Waals surface area contributed by atoms with E-state index >= 15 is 0 Å². The Labute approximate surface area is 116 Å². The minimum atomic E-state index is -0.00347. The third-order valence-electron chi connectivity index (χ3n) is 2.74. The second kappa shape index (κ2) is 6.38. The molecule has 0 saturated heterocycles. The van der Waals surface area contributed by atoms with Crippen LogP contribution in [0.15, 0.2) is 35.7 Å². The van der Waals surface area contributed by atoms with Gasteiger partial charge in [-0.25, -0.2) is 0 Å². The topological polar surface area (TPSA) is 59.8 Å². The number of aryl methyl sites for hydroxylation is 2. The van der Waals surface area contributed by atoms with E-state index in [0.29, 0.717) is 12.3 Å². The van der Waals surface area contributed by atoms with Gasteiger partial charge in [0.15, 0.2) is 5.16 Å². The molecule has 0 fully saturated rings. The lowest BCUT2D eigenvalue weighted by Gasteiger charge is -2.07. The van der Waals surface area contributed by atoms with E-state index in [2.05, 4.69) is 15.5 Å². The van der Waals surface area contributed by atoms with Crippen LogP contribution in [0.3, 0.4) is 0 Å². The van der Waals surface area contributed by atoms with Gasteiger partial charge in [-0.2, -0.15) is 0 Å². The summed E-state index contributed by atoms with van der Waals surface area (Å²) in [6.45, 7) is 2.60. The van der Waals surface area contributed by atoms with Crippen molar-refractivity contribution < 1.29 is 4.79 Å². The molecule has 2 aromatic rings. The predicted molar refractivity (Wildman–Crippen MR) is 74.8 cm³/mol. The first-order valence-electron chi connectivity index (χ1n) is 5.95. The first-order valence-corrected chi connectivity index (χ1v) is 6.93. The van der Waals surface area contributed by atoms with E-state index < -0.39 is 0 Å². The molecule has 100 valence electrons. The summed E-state index contributed by atoms with van der Waals surface area (Å²) in [6.07, 6.45) is 1.62. The van der Waals surface area contributed by atoms with Crippen molar-refractivity contribution in [3.05, 3.63) is 41.7 Å². The maximum Gasteiger partial charge on any atom is 0.230 e. The number of nitrogens with one attached hydrogen (secondary N) is 1. The molecule has 0 spiro atoms. The Morgan fingerprint density at radius 2 is 2.21 bits per heavy atom. The number of thioether (sulfide) groups is 1. The number of nitrogens with zero attached hydrogens (tertiary/aromatic N) is 3. The molecular weight excluding hydrogens is 260 g/mol. The second-order valence-electron chi connectivity index (χ2n) is 4.22. The van der Waals surface area contributed by atoms with Crippen molar-refractivity contribution in [3.63, 3.8) is 0 Å². The fourth-order valence-electron chi connectivity index (χ4n) is 1.59. The van der Waals surface area contributed by atoms with Gasteiger partial charge < -0.3 is 9.88 Å². The largest absolute Gasteiger partial charge is 0.351 e. The highest BCUT2D eigenvalue weighted by atomic mass is 32.2. The quantitative estimate of drug-likeness (QED) is 0.841. The number of amides is 1. The molecule has 0 aliphatic heterocycles. The number of hydrogen-bond acceptors (Lipinski definition) is 4. The summed E-state index contributed by atoms with van der Waals surface area (Å²) >= 11 is 1.38. The molecular formula is C13H16N4OS. The van der Waals surface area contributed by atoms with Crippen molar-refractivity contribution in [3.8, 4) is 0 Å². The molecule has 5 nitrogen and oxygen atoms in total. The molecule has 0 atom stereocenters. The Balaban J connectivity index is 1.79. The molecule has 6 heteroatoms. The molecule has 0 radical (unpaired) electrons. The summed E-state index contributed by atoms with van der Waals surface area (Å²) in [4.78, 5) is 11.7. The number of carbonyl (C=O) groups excluding carboxylic acids is 1. The Morgan fingerprint density at radius 1 is 1.42 bits per heavy atom. The van der Waals surface area contributed by atoms with Crippen LogP contribution in [0.1, 0.15) is 11.1 Å². The molecule has 0 saturated carbocycles. The van der Waals surface area contributed by atoms with E-state index in [1.807, 2.05) is 38.2 Å². The molecule has 1 aromatic carbocycles. The van der Waals surface area contributed by atoms with Crippen LogP contribution < -0.4 is 5.32 Å². The molecule has 1 aromatic heterocycles. The number of carbonyl (C=O) groups is 1. The SMILES string of the molecule is Cc1ccccc1CNC(=O)CSc1nncn1C. The molecule has 1 N–H and O–H groups in total. The number of rotatable bonds is 5. The van der Waals surface area contributed by atoms with Crippen LogP contribution in [0.25, 0.3) is 0 Å². The minimum Gasteiger partial charge on any atom is -0.351 e. The predicted octanol–water partition coefficient (Wildman–Crippen LogP) is 1.53. The summed E-state index contributed by atoms with van der Waals surface area (Å²) in [7, 11) is 1.85. The van der Waals surface area contributed by atoms with Crippen LogP contribution in [-0.2, 0) is 18.4 Å². The van der Waals surface area contributed by atoms with Crippen molar-refractivity contribution in [1.82, 2.24) is 20.1 Å². The lowest BCUT2D eigenvalue weighted by Crippen LogP contribution is -2.25. The van der Waals surface area contributed by atoms with Crippen LogP contribution in [0.2, 0.25) is 0 Å². The molecule has 2 rings (SSSR count). The first kappa shape index (κ1) is 13.6. The maximum atomic E-state index is 11.7. The van der Waals surface area contributed by atoms with Crippen LogP contribution >= 0.6 is 11.8 Å². The molecule has 1 amide bonds. The van der Waals surface area contributed by atoms with Gasteiger partial charge in [0.05, 0.1) is 5.75 Å². The Bertz CT molecular complexity index is 567. The minimum absolute atomic E-state index is 0.00347. The van der Waals surface area contributed by atoms with Gasteiger partial charge in [0.25, 0.3) is 0 Å². The van der Waals surface area contributed by atoms with Gasteiger partial charge in [0.1, 0.15) is 6.33 Å². The highest BCUT2D eigenvalue weighted by Crippen LogP contribution is 2.12. The van der Waals surface area contributed by atoms with Crippen LogP contribution in [0.4, 0.5) is 0 Å². The number of hydrogen-bond donors (Lipinski definition) is 1. The Hall–Kier alpha value is -1.82. The zero-order valence-electron chi connectivity index (χ0n) is 11.0. The third-order valence-corrected chi connectivity index (χ3v) is 3.77. The molecule has 0 unspecified atom stereocenters. The average molecular weight is 276 g/mol. The normalized spacial score (nSPS) is 10.4. The molecule has 0 aliphatic rings. The Kier molecular flexibility index (Phi) is 4.57. The number of benzene rings is 1. The van der Waals surface area contributed by atoms with Crippen molar-refractivity contribution in [1.29, 1.82) is 0 Å². The van der Waals surface area contributed by atoms with Crippen LogP contribution in [0, 0.1) is 6.92 Å². The van der Waals surface area contributed by atoms with Crippen molar-refractivity contribution >= 4 is 17.7 Å². The molecule has 1 heterocycles. The van der Waals surface area contributed by atoms with Gasteiger partial charge in [-0.1, -0.05) is 36.0 Å². The lowest BCUT2D eigenvalue weighted by molar-refractivity contribution is -0.118. The molecule has 0 aliphatic carbocycles. The fourth-order valence-corrected chi connectivity index (χ4v) is 2.30. The van der Waals surface area contributed by atoms with Gasteiger partial charge in [-0.3, -0.25) is 4.79 Å².